The van der Waals surface area contributed by atoms with Crippen LogP contribution < -0.4 is 5.32 Å². The standard InChI is InChI=1S/C12H19N3O3/c1-8(2)6-10(16)7-13-12-11(15(17)18)5-4-9(3)14-12/h4-5,8,10,16H,6-7H2,1-3H3,(H,13,14). The highest BCUT2D eigenvalue weighted by Crippen LogP contribution is 2.22. The summed E-state index contributed by atoms with van der Waals surface area (Å²) in [7, 11) is 0. The maximum atomic E-state index is 10.8. The van der Waals surface area contributed by atoms with E-state index >= 15 is 0 Å². The summed E-state index contributed by atoms with van der Waals surface area (Å²) in [6.07, 6.45) is 0.110. The number of nitrogens with zero attached hydrogens (tertiary/aromatic N) is 2. The average molecular weight is 253 g/mol. The molecule has 1 rings (SSSR count). The molecule has 1 aromatic rings. The summed E-state index contributed by atoms with van der Waals surface area (Å²) < 4.78 is 0. The molecular formula is C12H19N3O3. The van der Waals surface area contributed by atoms with E-state index in [0.29, 0.717) is 18.0 Å². The molecule has 0 saturated heterocycles. The zero-order valence-electron chi connectivity index (χ0n) is 10.9. The number of hydrogen-bond donors (Lipinski definition) is 2. The Balaban J connectivity index is 2.71. The van der Waals surface area contributed by atoms with Crippen molar-refractivity contribution >= 4 is 11.5 Å². The van der Waals surface area contributed by atoms with Crippen molar-refractivity contribution in [3.63, 3.8) is 0 Å². The number of rotatable bonds is 6. The molecule has 2 N–H and O–H groups in total. The van der Waals surface area contributed by atoms with Crippen molar-refractivity contribution in [3.8, 4) is 0 Å². The number of aryl methyl sites for hydroxylation is 1. The van der Waals surface area contributed by atoms with E-state index < -0.39 is 11.0 Å². The highest BCUT2D eigenvalue weighted by Gasteiger charge is 2.16. The molecule has 100 valence electrons. The molecule has 0 aliphatic rings. The molecule has 0 bridgehead atoms. The van der Waals surface area contributed by atoms with Crippen LogP contribution in [0.25, 0.3) is 0 Å². The fourth-order valence-electron chi connectivity index (χ4n) is 1.67. The molecule has 0 fully saturated rings. The minimum Gasteiger partial charge on any atom is -0.391 e. The van der Waals surface area contributed by atoms with Crippen molar-refractivity contribution < 1.29 is 10.0 Å². The van der Waals surface area contributed by atoms with Crippen molar-refractivity contribution in [1.82, 2.24) is 4.98 Å². The maximum absolute atomic E-state index is 10.8. The van der Waals surface area contributed by atoms with Crippen molar-refractivity contribution in [2.45, 2.75) is 33.3 Å². The molecule has 1 unspecified atom stereocenters. The second-order valence-electron chi connectivity index (χ2n) is 4.74. The van der Waals surface area contributed by atoms with Gasteiger partial charge in [-0.1, -0.05) is 13.8 Å². The molecule has 6 heteroatoms. The predicted octanol–water partition coefficient (Wildman–Crippen LogP) is 2.12. The van der Waals surface area contributed by atoms with E-state index in [0.717, 1.165) is 0 Å². The van der Waals surface area contributed by atoms with Crippen LogP contribution in [0.5, 0.6) is 0 Å². The zero-order valence-corrected chi connectivity index (χ0v) is 10.9. The van der Waals surface area contributed by atoms with E-state index in [-0.39, 0.29) is 18.1 Å². The highest BCUT2D eigenvalue weighted by atomic mass is 16.6. The monoisotopic (exact) mass is 253 g/mol. The van der Waals surface area contributed by atoms with Gasteiger partial charge in [0.15, 0.2) is 0 Å². The van der Waals surface area contributed by atoms with Crippen LogP contribution in [0.1, 0.15) is 26.0 Å². The van der Waals surface area contributed by atoms with E-state index in [4.69, 9.17) is 0 Å². The van der Waals surface area contributed by atoms with E-state index in [1.54, 1.807) is 13.0 Å². The molecule has 0 spiro atoms. The van der Waals surface area contributed by atoms with Crippen LogP contribution in [0.4, 0.5) is 11.5 Å². The number of pyridine rings is 1. The number of hydrogen-bond acceptors (Lipinski definition) is 5. The van der Waals surface area contributed by atoms with Gasteiger partial charge >= 0.3 is 5.69 Å². The van der Waals surface area contributed by atoms with E-state index in [9.17, 15) is 15.2 Å². The summed E-state index contributed by atoms with van der Waals surface area (Å²) in [6.45, 7) is 6.04. The summed E-state index contributed by atoms with van der Waals surface area (Å²) in [6, 6.07) is 3.01. The molecule has 1 atom stereocenters. The Labute approximate surface area is 106 Å². The molecule has 0 amide bonds. The van der Waals surface area contributed by atoms with Gasteiger partial charge in [-0.3, -0.25) is 10.1 Å². The molecule has 1 heterocycles. The largest absolute Gasteiger partial charge is 0.391 e. The summed E-state index contributed by atoms with van der Waals surface area (Å²) in [5.41, 5.74) is 0.624. The fraction of sp³-hybridized carbons (Fsp3) is 0.583. The smallest absolute Gasteiger partial charge is 0.311 e. The molecule has 0 aliphatic carbocycles. The quantitative estimate of drug-likeness (QED) is 0.598. The molecular weight excluding hydrogens is 234 g/mol. The topological polar surface area (TPSA) is 88.3 Å². The number of anilines is 1. The first-order valence-electron chi connectivity index (χ1n) is 5.94. The third-order valence-electron chi connectivity index (χ3n) is 2.46. The summed E-state index contributed by atoms with van der Waals surface area (Å²) in [4.78, 5) is 14.4. The first-order chi connectivity index (χ1) is 8.40. The van der Waals surface area contributed by atoms with E-state index in [1.165, 1.54) is 6.07 Å². The van der Waals surface area contributed by atoms with Crippen molar-refractivity contribution in [3.05, 3.63) is 27.9 Å². The van der Waals surface area contributed by atoms with Crippen molar-refractivity contribution in [2.75, 3.05) is 11.9 Å². The summed E-state index contributed by atoms with van der Waals surface area (Å²) >= 11 is 0. The highest BCUT2D eigenvalue weighted by molar-refractivity contribution is 5.56. The first kappa shape index (κ1) is 14.4. The number of nitro groups is 1. The molecule has 0 radical (unpaired) electrons. The Morgan fingerprint density at radius 2 is 2.17 bits per heavy atom. The van der Waals surface area contributed by atoms with Crippen LogP contribution in [0.15, 0.2) is 12.1 Å². The van der Waals surface area contributed by atoms with Gasteiger partial charge in [-0.2, -0.15) is 0 Å². The lowest BCUT2D eigenvalue weighted by Gasteiger charge is -2.14. The number of aliphatic hydroxyl groups is 1. The fourth-order valence-corrected chi connectivity index (χ4v) is 1.67. The van der Waals surface area contributed by atoms with Gasteiger partial charge in [-0.05, 0) is 25.3 Å². The van der Waals surface area contributed by atoms with Gasteiger partial charge < -0.3 is 10.4 Å². The van der Waals surface area contributed by atoms with Crippen LogP contribution >= 0.6 is 0 Å². The van der Waals surface area contributed by atoms with Gasteiger partial charge in [0.25, 0.3) is 0 Å². The zero-order chi connectivity index (χ0) is 13.7. The van der Waals surface area contributed by atoms with Crippen LogP contribution in [0.2, 0.25) is 0 Å². The molecule has 1 aromatic heterocycles. The van der Waals surface area contributed by atoms with E-state index in [1.807, 2.05) is 13.8 Å². The average Bonchev–Trinajstić information content (AvgIpc) is 2.25. The molecule has 0 aromatic carbocycles. The Morgan fingerprint density at radius 1 is 1.50 bits per heavy atom. The second-order valence-corrected chi connectivity index (χ2v) is 4.74. The van der Waals surface area contributed by atoms with Crippen LogP contribution in [-0.2, 0) is 0 Å². The lowest BCUT2D eigenvalue weighted by molar-refractivity contribution is -0.384. The van der Waals surface area contributed by atoms with Crippen LogP contribution in [0, 0.1) is 23.0 Å². The third-order valence-corrected chi connectivity index (χ3v) is 2.46. The molecule has 0 saturated carbocycles. The summed E-state index contributed by atoms with van der Waals surface area (Å²) in [5.74, 6) is 0.588. The van der Waals surface area contributed by atoms with Crippen LogP contribution in [-0.4, -0.2) is 27.7 Å². The van der Waals surface area contributed by atoms with Gasteiger partial charge in [0.2, 0.25) is 5.82 Å². The SMILES string of the molecule is Cc1ccc([N+](=O)[O-])c(NCC(O)CC(C)C)n1. The van der Waals surface area contributed by atoms with Gasteiger partial charge in [0.05, 0.1) is 11.0 Å². The number of aromatic nitrogens is 1. The van der Waals surface area contributed by atoms with Crippen molar-refractivity contribution in [1.29, 1.82) is 0 Å². The normalized spacial score (nSPS) is 12.5. The Hall–Kier alpha value is -1.69. The van der Waals surface area contributed by atoms with Gasteiger partial charge in [0.1, 0.15) is 0 Å². The van der Waals surface area contributed by atoms with E-state index in [2.05, 4.69) is 10.3 Å². The Bertz CT molecular complexity index is 421. The van der Waals surface area contributed by atoms with Crippen LogP contribution in [0.3, 0.4) is 0 Å². The molecule has 18 heavy (non-hydrogen) atoms. The molecule has 0 aliphatic heterocycles. The predicted molar refractivity (Wildman–Crippen MR) is 69.6 cm³/mol. The lowest BCUT2D eigenvalue weighted by Crippen LogP contribution is -2.22. The number of aliphatic hydroxyl groups excluding tert-OH is 1. The maximum Gasteiger partial charge on any atom is 0.311 e. The number of nitrogens with one attached hydrogen (secondary N) is 1. The third kappa shape index (κ3) is 4.29. The van der Waals surface area contributed by atoms with Gasteiger partial charge in [-0.15, -0.1) is 0 Å². The van der Waals surface area contributed by atoms with Gasteiger partial charge in [-0.25, -0.2) is 4.98 Å². The summed E-state index contributed by atoms with van der Waals surface area (Å²) in [5, 5.41) is 23.4. The minimum atomic E-state index is -0.535. The lowest BCUT2D eigenvalue weighted by atomic mass is 10.1. The Morgan fingerprint density at radius 3 is 2.72 bits per heavy atom. The molecule has 6 nitrogen and oxygen atoms in total. The van der Waals surface area contributed by atoms with Crippen molar-refractivity contribution in [2.24, 2.45) is 5.92 Å². The first-order valence-corrected chi connectivity index (χ1v) is 5.94. The van der Waals surface area contributed by atoms with Gasteiger partial charge in [0, 0.05) is 18.3 Å². The minimum absolute atomic E-state index is 0.0719. The second kappa shape index (κ2) is 6.30. The Kier molecular flexibility index (Phi) is 5.03.